The minimum atomic E-state index is 0.841. The maximum absolute atomic E-state index is 4.80. The minimum Gasteiger partial charge on any atom is -0.352 e. The molecule has 0 radical (unpaired) electrons. The first kappa shape index (κ1) is 17.1. The third kappa shape index (κ3) is 3.00. The first-order valence-electron chi connectivity index (χ1n) is 8.99. The van der Waals surface area contributed by atoms with Crippen molar-refractivity contribution >= 4 is 33.3 Å². The summed E-state index contributed by atoms with van der Waals surface area (Å²) in [5.74, 6) is 2.76. The number of aryl methyl sites for hydroxylation is 5. The molecule has 26 heavy (non-hydrogen) atoms. The second-order valence-electron chi connectivity index (χ2n) is 6.98. The van der Waals surface area contributed by atoms with E-state index in [0.29, 0.717) is 0 Å². The number of aromatic nitrogens is 4. The highest BCUT2D eigenvalue weighted by molar-refractivity contribution is 7.18. The van der Waals surface area contributed by atoms with Gasteiger partial charge in [-0.15, -0.1) is 11.3 Å². The normalized spacial score (nSPS) is 15.1. The van der Waals surface area contributed by atoms with E-state index in [1.165, 1.54) is 15.8 Å². The van der Waals surface area contributed by atoms with Crippen LogP contribution in [-0.2, 0) is 0 Å². The van der Waals surface area contributed by atoms with E-state index in [1.807, 2.05) is 26.8 Å². The topological polar surface area (TPSA) is 58.0 Å². The molecule has 136 valence electrons. The van der Waals surface area contributed by atoms with Gasteiger partial charge < -0.3 is 9.80 Å². The molecule has 3 aromatic rings. The van der Waals surface area contributed by atoms with Gasteiger partial charge in [-0.1, -0.05) is 0 Å². The summed E-state index contributed by atoms with van der Waals surface area (Å²) in [5, 5.41) is 1.22. The Labute approximate surface area is 157 Å². The van der Waals surface area contributed by atoms with E-state index in [-0.39, 0.29) is 0 Å². The molecule has 1 fully saturated rings. The zero-order valence-electron chi connectivity index (χ0n) is 16.0. The molecule has 4 rings (SSSR count). The van der Waals surface area contributed by atoms with Crippen LogP contribution in [-0.4, -0.2) is 46.1 Å². The number of piperazine rings is 1. The number of nitrogens with zero attached hydrogens (tertiary/aromatic N) is 6. The molecule has 7 heteroatoms. The molecule has 0 N–H and O–H groups in total. The van der Waals surface area contributed by atoms with Crippen LogP contribution in [0.1, 0.15) is 27.7 Å². The van der Waals surface area contributed by atoms with Crippen LogP contribution in [0.5, 0.6) is 0 Å². The van der Waals surface area contributed by atoms with Crippen LogP contribution < -0.4 is 9.80 Å². The van der Waals surface area contributed by atoms with Gasteiger partial charge in [-0.2, -0.15) is 0 Å². The van der Waals surface area contributed by atoms with Gasteiger partial charge in [0.15, 0.2) is 0 Å². The lowest BCUT2D eigenvalue weighted by atomic mass is 10.2. The van der Waals surface area contributed by atoms with Crippen molar-refractivity contribution in [3.63, 3.8) is 0 Å². The van der Waals surface area contributed by atoms with Gasteiger partial charge in [0.25, 0.3) is 0 Å². The Bertz CT molecular complexity index is 952. The third-order valence-corrected chi connectivity index (χ3v) is 6.06. The zero-order valence-corrected chi connectivity index (χ0v) is 16.8. The molecule has 6 nitrogen and oxygen atoms in total. The molecule has 4 heterocycles. The minimum absolute atomic E-state index is 0.841. The van der Waals surface area contributed by atoms with Crippen LogP contribution >= 0.6 is 11.3 Å². The average Bonchev–Trinajstić information content (AvgIpc) is 2.87. The summed E-state index contributed by atoms with van der Waals surface area (Å²) >= 11 is 1.76. The van der Waals surface area contributed by atoms with Gasteiger partial charge in [-0.3, -0.25) is 0 Å². The zero-order chi connectivity index (χ0) is 18.4. The first-order valence-corrected chi connectivity index (χ1v) is 9.80. The highest BCUT2D eigenvalue weighted by atomic mass is 32.1. The molecule has 0 amide bonds. The van der Waals surface area contributed by atoms with Gasteiger partial charge in [0.2, 0.25) is 5.95 Å². The van der Waals surface area contributed by atoms with Crippen LogP contribution in [0.25, 0.3) is 10.2 Å². The first-order chi connectivity index (χ1) is 12.4. The van der Waals surface area contributed by atoms with Crippen LogP contribution in [0.3, 0.4) is 0 Å². The Kier molecular flexibility index (Phi) is 4.26. The fourth-order valence-corrected chi connectivity index (χ4v) is 4.60. The lowest BCUT2D eigenvalue weighted by molar-refractivity contribution is 0.633. The van der Waals surface area contributed by atoms with Gasteiger partial charge in [0.1, 0.15) is 16.5 Å². The maximum Gasteiger partial charge on any atom is 0.225 e. The van der Waals surface area contributed by atoms with Crippen molar-refractivity contribution in [2.24, 2.45) is 0 Å². The Morgan fingerprint density at radius 2 is 1.42 bits per heavy atom. The van der Waals surface area contributed by atoms with Crippen molar-refractivity contribution in [3.8, 4) is 0 Å². The number of hydrogen-bond donors (Lipinski definition) is 0. The number of anilines is 2. The molecular formula is C19H24N6S. The van der Waals surface area contributed by atoms with Gasteiger partial charge in [0, 0.05) is 42.4 Å². The van der Waals surface area contributed by atoms with Gasteiger partial charge in [-0.05, 0) is 46.2 Å². The molecule has 0 saturated carbocycles. The van der Waals surface area contributed by atoms with Crippen LogP contribution in [0.15, 0.2) is 6.07 Å². The largest absolute Gasteiger partial charge is 0.352 e. The number of hydrogen-bond acceptors (Lipinski definition) is 7. The summed E-state index contributed by atoms with van der Waals surface area (Å²) in [7, 11) is 0. The third-order valence-electron chi connectivity index (χ3n) is 4.95. The Hall–Kier alpha value is -2.28. The second kappa shape index (κ2) is 6.46. The summed E-state index contributed by atoms with van der Waals surface area (Å²) in [6, 6.07) is 2.02. The van der Waals surface area contributed by atoms with E-state index in [4.69, 9.17) is 4.98 Å². The van der Waals surface area contributed by atoms with Crippen molar-refractivity contribution in [2.45, 2.75) is 34.6 Å². The van der Waals surface area contributed by atoms with Gasteiger partial charge >= 0.3 is 0 Å². The van der Waals surface area contributed by atoms with Crippen LogP contribution in [0.2, 0.25) is 0 Å². The van der Waals surface area contributed by atoms with E-state index in [0.717, 1.165) is 60.0 Å². The van der Waals surface area contributed by atoms with Crippen molar-refractivity contribution in [1.29, 1.82) is 0 Å². The maximum atomic E-state index is 4.80. The standard InChI is InChI=1S/C19H24N6S/c1-11-10-12(2)21-19(20-11)25-8-6-24(7-9-25)17-16-13(3)14(4)26-18(16)23-15(5)22-17/h10H,6-9H2,1-5H3. The fraction of sp³-hybridized carbons (Fsp3) is 0.474. The molecule has 1 aliphatic rings. The Morgan fingerprint density at radius 1 is 0.808 bits per heavy atom. The van der Waals surface area contributed by atoms with Gasteiger partial charge in [0.05, 0.1) is 5.39 Å². The molecule has 0 atom stereocenters. The monoisotopic (exact) mass is 368 g/mol. The smallest absolute Gasteiger partial charge is 0.225 e. The van der Waals surface area contributed by atoms with Crippen molar-refractivity contribution in [2.75, 3.05) is 36.0 Å². The molecule has 3 aromatic heterocycles. The van der Waals surface area contributed by atoms with E-state index >= 15 is 0 Å². The summed E-state index contributed by atoms with van der Waals surface area (Å²) in [6.45, 7) is 14.0. The van der Waals surface area contributed by atoms with E-state index in [2.05, 4.69) is 38.6 Å². The second-order valence-corrected chi connectivity index (χ2v) is 8.19. The molecule has 0 unspecified atom stereocenters. The summed E-state index contributed by atoms with van der Waals surface area (Å²) < 4.78 is 0. The quantitative estimate of drug-likeness (QED) is 0.691. The number of thiophene rings is 1. The van der Waals surface area contributed by atoms with Crippen LogP contribution in [0.4, 0.5) is 11.8 Å². The SMILES string of the molecule is Cc1cc(C)nc(N2CCN(c3nc(C)nc4sc(C)c(C)c34)CC2)n1. The molecule has 0 spiro atoms. The predicted octanol–water partition coefficient (Wildman–Crippen LogP) is 3.35. The van der Waals surface area contributed by atoms with E-state index in [9.17, 15) is 0 Å². The average molecular weight is 369 g/mol. The van der Waals surface area contributed by atoms with Gasteiger partial charge in [-0.25, -0.2) is 19.9 Å². The van der Waals surface area contributed by atoms with E-state index in [1.54, 1.807) is 11.3 Å². The van der Waals surface area contributed by atoms with E-state index < -0.39 is 0 Å². The molecular weight excluding hydrogens is 344 g/mol. The predicted molar refractivity (Wildman–Crippen MR) is 108 cm³/mol. The van der Waals surface area contributed by atoms with Crippen molar-refractivity contribution in [1.82, 2.24) is 19.9 Å². The summed E-state index contributed by atoms with van der Waals surface area (Å²) in [6.07, 6.45) is 0. The number of fused-ring (bicyclic) bond motifs is 1. The fourth-order valence-electron chi connectivity index (χ4n) is 3.53. The van der Waals surface area contributed by atoms with Crippen molar-refractivity contribution < 1.29 is 0 Å². The molecule has 1 saturated heterocycles. The lowest BCUT2D eigenvalue weighted by Gasteiger charge is -2.36. The molecule has 0 aromatic carbocycles. The number of rotatable bonds is 2. The Morgan fingerprint density at radius 3 is 2.08 bits per heavy atom. The summed E-state index contributed by atoms with van der Waals surface area (Å²) in [5.41, 5.74) is 3.35. The highest BCUT2D eigenvalue weighted by Gasteiger charge is 2.24. The molecule has 0 bridgehead atoms. The van der Waals surface area contributed by atoms with Crippen LogP contribution in [0, 0.1) is 34.6 Å². The molecule has 1 aliphatic heterocycles. The Balaban J connectivity index is 1.61. The van der Waals surface area contributed by atoms with Crippen molar-refractivity contribution in [3.05, 3.63) is 33.7 Å². The lowest BCUT2D eigenvalue weighted by Crippen LogP contribution is -2.47. The summed E-state index contributed by atoms with van der Waals surface area (Å²) in [4.78, 5) is 25.7. The highest BCUT2D eigenvalue weighted by Crippen LogP contribution is 2.35. The molecule has 0 aliphatic carbocycles.